The minimum absolute atomic E-state index is 0.164. The Bertz CT molecular complexity index is 563. The van der Waals surface area contributed by atoms with Crippen molar-refractivity contribution < 1.29 is 9.59 Å². The first kappa shape index (κ1) is 11.0. The number of carbonyl (C=O) groups excluding carboxylic acids is 2. The van der Waals surface area contributed by atoms with Crippen LogP contribution in [0.2, 0.25) is 0 Å². The molecular weight excluding hydrogens is 226 g/mol. The van der Waals surface area contributed by atoms with Gasteiger partial charge >= 0.3 is 0 Å². The molecule has 0 radical (unpaired) electrons. The smallest absolute Gasteiger partial charge is 0.262 e. The first-order valence-corrected chi connectivity index (χ1v) is 6.01. The van der Waals surface area contributed by atoms with Crippen molar-refractivity contribution in [2.75, 3.05) is 4.90 Å². The van der Waals surface area contributed by atoms with Crippen LogP contribution < -0.4 is 4.90 Å². The van der Waals surface area contributed by atoms with Crippen LogP contribution in [0.5, 0.6) is 0 Å². The number of rotatable bonds is 1. The molecule has 3 nitrogen and oxygen atoms in total. The Balaban J connectivity index is 1.99. The van der Waals surface area contributed by atoms with Crippen molar-refractivity contribution in [1.82, 2.24) is 0 Å². The SMILES string of the molecule is Cc1ccc(N2C(=O)C3=C(CC=CC3)C2=O)cc1. The number of benzene rings is 1. The maximum atomic E-state index is 12.2. The Morgan fingerprint density at radius 2 is 1.39 bits per heavy atom. The van der Waals surface area contributed by atoms with Gasteiger partial charge < -0.3 is 0 Å². The lowest BCUT2D eigenvalue weighted by atomic mass is 9.99. The molecule has 0 saturated heterocycles. The van der Waals surface area contributed by atoms with E-state index >= 15 is 0 Å². The van der Waals surface area contributed by atoms with Crippen LogP contribution in [0.3, 0.4) is 0 Å². The number of nitrogens with zero attached hydrogens (tertiary/aromatic N) is 1. The quantitative estimate of drug-likeness (QED) is 0.558. The van der Waals surface area contributed by atoms with Crippen molar-refractivity contribution >= 4 is 17.5 Å². The topological polar surface area (TPSA) is 37.4 Å². The van der Waals surface area contributed by atoms with Gasteiger partial charge in [0.25, 0.3) is 11.8 Å². The zero-order chi connectivity index (χ0) is 12.7. The van der Waals surface area contributed by atoms with E-state index in [9.17, 15) is 9.59 Å². The molecule has 0 unspecified atom stereocenters. The van der Waals surface area contributed by atoms with Gasteiger partial charge in [-0.1, -0.05) is 29.8 Å². The summed E-state index contributed by atoms with van der Waals surface area (Å²) in [7, 11) is 0. The summed E-state index contributed by atoms with van der Waals surface area (Å²) in [5.74, 6) is -0.327. The Kier molecular flexibility index (Phi) is 2.40. The zero-order valence-corrected chi connectivity index (χ0v) is 10.1. The van der Waals surface area contributed by atoms with E-state index in [1.807, 2.05) is 43.3 Å². The van der Waals surface area contributed by atoms with Crippen molar-refractivity contribution in [3.63, 3.8) is 0 Å². The number of anilines is 1. The van der Waals surface area contributed by atoms with Crippen LogP contribution >= 0.6 is 0 Å². The number of hydrogen-bond acceptors (Lipinski definition) is 2. The summed E-state index contributed by atoms with van der Waals surface area (Å²) in [4.78, 5) is 25.8. The molecule has 1 aliphatic carbocycles. The van der Waals surface area contributed by atoms with Gasteiger partial charge in [0, 0.05) is 11.1 Å². The monoisotopic (exact) mass is 239 g/mol. The molecule has 2 amide bonds. The van der Waals surface area contributed by atoms with Gasteiger partial charge in [0.2, 0.25) is 0 Å². The lowest BCUT2D eigenvalue weighted by Gasteiger charge is -2.15. The molecule has 1 heterocycles. The Morgan fingerprint density at radius 3 is 1.89 bits per heavy atom. The number of allylic oxidation sites excluding steroid dienone is 2. The minimum atomic E-state index is -0.164. The van der Waals surface area contributed by atoms with Gasteiger partial charge in [-0.2, -0.15) is 0 Å². The van der Waals surface area contributed by atoms with E-state index in [1.165, 1.54) is 4.90 Å². The van der Waals surface area contributed by atoms with E-state index in [4.69, 9.17) is 0 Å². The number of carbonyl (C=O) groups is 2. The Morgan fingerprint density at radius 1 is 0.889 bits per heavy atom. The number of hydrogen-bond donors (Lipinski definition) is 0. The fourth-order valence-electron chi connectivity index (χ4n) is 2.37. The molecule has 3 heteroatoms. The molecule has 18 heavy (non-hydrogen) atoms. The summed E-state index contributed by atoms with van der Waals surface area (Å²) in [6.45, 7) is 1.98. The van der Waals surface area contributed by atoms with Gasteiger partial charge in [0.1, 0.15) is 0 Å². The largest absolute Gasteiger partial charge is 0.269 e. The highest BCUT2D eigenvalue weighted by atomic mass is 16.2. The van der Waals surface area contributed by atoms with Gasteiger partial charge in [0.15, 0.2) is 0 Å². The molecule has 3 rings (SSSR count). The zero-order valence-electron chi connectivity index (χ0n) is 10.1. The lowest BCUT2D eigenvalue weighted by Crippen LogP contribution is -2.31. The molecule has 90 valence electrons. The third-order valence-corrected chi connectivity index (χ3v) is 3.39. The van der Waals surface area contributed by atoms with Crippen molar-refractivity contribution in [2.24, 2.45) is 0 Å². The predicted octanol–water partition coefficient (Wildman–Crippen LogP) is 2.51. The normalized spacial score (nSPS) is 18.6. The van der Waals surface area contributed by atoms with E-state index in [2.05, 4.69) is 0 Å². The average molecular weight is 239 g/mol. The van der Waals surface area contributed by atoms with Gasteiger partial charge in [-0.05, 0) is 31.9 Å². The van der Waals surface area contributed by atoms with Crippen molar-refractivity contribution in [2.45, 2.75) is 19.8 Å². The highest BCUT2D eigenvalue weighted by Gasteiger charge is 2.38. The number of amides is 2. The predicted molar refractivity (Wildman–Crippen MR) is 69.1 cm³/mol. The number of imide groups is 1. The molecule has 0 atom stereocenters. The van der Waals surface area contributed by atoms with Gasteiger partial charge in [-0.15, -0.1) is 0 Å². The van der Waals surface area contributed by atoms with Crippen LogP contribution in [0.4, 0.5) is 5.69 Å². The maximum absolute atomic E-state index is 12.2. The summed E-state index contributed by atoms with van der Waals surface area (Å²) >= 11 is 0. The van der Waals surface area contributed by atoms with Crippen LogP contribution in [0, 0.1) is 6.92 Å². The third kappa shape index (κ3) is 1.51. The van der Waals surface area contributed by atoms with Crippen molar-refractivity contribution in [1.29, 1.82) is 0 Å². The lowest BCUT2D eigenvalue weighted by molar-refractivity contribution is -0.120. The second-order valence-corrected chi connectivity index (χ2v) is 4.62. The van der Waals surface area contributed by atoms with Crippen molar-refractivity contribution in [3.05, 3.63) is 53.1 Å². The summed E-state index contributed by atoms with van der Waals surface area (Å²) < 4.78 is 0. The summed E-state index contributed by atoms with van der Waals surface area (Å²) in [6.07, 6.45) is 5.04. The molecule has 2 aliphatic rings. The highest BCUT2D eigenvalue weighted by molar-refractivity contribution is 6.33. The second kappa shape index (κ2) is 3.95. The van der Waals surface area contributed by atoms with E-state index < -0.39 is 0 Å². The molecule has 1 aliphatic heterocycles. The Labute approximate surface area is 105 Å². The second-order valence-electron chi connectivity index (χ2n) is 4.62. The molecule has 0 bridgehead atoms. The van der Waals surface area contributed by atoms with Crippen molar-refractivity contribution in [3.8, 4) is 0 Å². The van der Waals surface area contributed by atoms with E-state index in [0.29, 0.717) is 29.7 Å². The molecule has 0 spiro atoms. The molecule has 0 fully saturated rings. The number of aryl methyl sites for hydroxylation is 1. The summed E-state index contributed by atoms with van der Waals surface area (Å²) in [6, 6.07) is 7.45. The summed E-state index contributed by atoms with van der Waals surface area (Å²) in [5.41, 5.74) is 3.08. The van der Waals surface area contributed by atoms with Crippen LogP contribution in [-0.4, -0.2) is 11.8 Å². The van der Waals surface area contributed by atoms with Gasteiger partial charge in [-0.3, -0.25) is 9.59 Å². The fraction of sp³-hybridized carbons (Fsp3) is 0.200. The van der Waals surface area contributed by atoms with Gasteiger partial charge in [0.05, 0.1) is 5.69 Å². The fourth-order valence-corrected chi connectivity index (χ4v) is 2.37. The molecule has 1 aromatic carbocycles. The highest BCUT2D eigenvalue weighted by Crippen LogP contribution is 2.32. The molecular formula is C15H13NO2. The minimum Gasteiger partial charge on any atom is -0.269 e. The maximum Gasteiger partial charge on any atom is 0.262 e. The average Bonchev–Trinajstić information content (AvgIpc) is 2.64. The van der Waals surface area contributed by atoms with E-state index in [0.717, 1.165) is 5.56 Å². The summed E-state index contributed by atoms with van der Waals surface area (Å²) in [5, 5.41) is 0. The van der Waals surface area contributed by atoms with E-state index in [1.54, 1.807) is 0 Å². The molecule has 0 saturated carbocycles. The van der Waals surface area contributed by atoms with Crippen LogP contribution in [0.15, 0.2) is 47.6 Å². The third-order valence-electron chi connectivity index (χ3n) is 3.39. The van der Waals surface area contributed by atoms with Gasteiger partial charge in [-0.25, -0.2) is 4.90 Å². The van der Waals surface area contributed by atoms with Crippen LogP contribution in [0.25, 0.3) is 0 Å². The van der Waals surface area contributed by atoms with E-state index in [-0.39, 0.29) is 11.8 Å². The van der Waals surface area contributed by atoms with Crippen LogP contribution in [0.1, 0.15) is 18.4 Å². The molecule has 0 N–H and O–H groups in total. The van der Waals surface area contributed by atoms with Crippen LogP contribution in [-0.2, 0) is 9.59 Å². The molecule has 1 aromatic rings. The molecule has 0 aromatic heterocycles. The first-order valence-electron chi connectivity index (χ1n) is 6.01. The Hall–Kier alpha value is -2.16. The first-order chi connectivity index (χ1) is 8.68. The standard InChI is InChI=1S/C15H13NO2/c1-10-6-8-11(9-7-10)16-14(17)12-4-2-3-5-13(12)15(16)18/h2-3,6-9H,4-5H2,1H3.